The molecular weight excluding hydrogens is 402 g/mol. The van der Waals surface area contributed by atoms with Crippen molar-refractivity contribution in [2.75, 3.05) is 11.9 Å². The summed E-state index contributed by atoms with van der Waals surface area (Å²) in [7, 11) is 0. The van der Waals surface area contributed by atoms with E-state index in [-0.39, 0.29) is 17.2 Å². The van der Waals surface area contributed by atoms with Crippen LogP contribution >= 0.6 is 0 Å². The molecular formula is C26H31N3O3. The Hall–Kier alpha value is -3.33. The number of ether oxygens (including phenoxy) is 1. The Morgan fingerprint density at radius 3 is 2.69 bits per heavy atom. The topological polar surface area (TPSA) is 82.4 Å². The number of likely N-dealkylation sites (tertiary alicyclic amines) is 1. The lowest BCUT2D eigenvalue weighted by Crippen LogP contribution is -2.44. The predicted molar refractivity (Wildman–Crippen MR) is 124 cm³/mol. The molecule has 2 aromatic carbocycles. The molecule has 1 aliphatic heterocycles. The van der Waals surface area contributed by atoms with Crippen LogP contribution in [0.3, 0.4) is 0 Å². The molecule has 1 unspecified atom stereocenters. The van der Waals surface area contributed by atoms with Crippen LogP contribution in [0, 0.1) is 23.7 Å². The van der Waals surface area contributed by atoms with Gasteiger partial charge in [0.15, 0.2) is 0 Å². The molecule has 6 nitrogen and oxygen atoms in total. The molecule has 0 aliphatic carbocycles. The van der Waals surface area contributed by atoms with Crippen molar-refractivity contribution >= 4 is 17.5 Å². The van der Waals surface area contributed by atoms with E-state index < -0.39 is 6.04 Å². The number of hydrogen-bond donors (Lipinski definition) is 1. The first-order valence-electron chi connectivity index (χ1n) is 11.0. The van der Waals surface area contributed by atoms with E-state index in [1.165, 1.54) is 0 Å². The molecule has 2 amide bonds. The van der Waals surface area contributed by atoms with Crippen LogP contribution in [0.15, 0.2) is 42.5 Å². The Kier molecular flexibility index (Phi) is 7.19. The Bertz CT molecular complexity index is 1030. The van der Waals surface area contributed by atoms with Gasteiger partial charge < -0.3 is 15.0 Å². The van der Waals surface area contributed by atoms with Gasteiger partial charge in [-0.3, -0.25) is 9.59 Å². The highest BCUT2D eigenvalue weighted by atomic mass is 16.5. The van der Waals surface area contributed by atoms with Crippen LogP contribution in [0.1, 0.15) is 56.7 Å². The highest BCUT2D eigenvalue weighted by Gasteiger charge is 2.35. The minimum absolute atomic E-state index is 0.0380. The van der Waals surface area contributed by atoms with Gasteiger partial charge in [-0.15, -0.1) is 0 Å². The fourth-order valence-electron chi connectivity index (χ4n) is 3.87. The summed E-state index contributed by atoms with van der Waals surface area (Å²) < 4.78 is 5.85. The molecule has 1 N–H and O–H groups in total. The Morgan fingerprint density at radius 1 is 1.22 bits per heavy atom. The predicted octanol–water partition coefficient (Wildman–Crippen LogP) is 4.81. The second kappa shape index (κ2) is 9.86. The molecule has 32 heavy (non-hydrogen) atoms. The minimum Gasteiger partial charge on any atom is -0.489 e. The Balaban J connectivity index is 1.61. The number of anilines is 1. The van der Waals surface area contributed by atoms with Crippen LogP contribution in [-0.4, -0.2) is 29.3 Å². The monoisotopic (exact) mass is 433 g/mol. The molecule has 1 fully saturated rings. The largest absolute Gasteiger partial charge is 0.489 e. The highest BCUT2D eigenvalue weighted by Crippen LogP contribution is 2.27. The van der Waals surface area contributed by atoms with E-state index in [2.05, 4.69) is 11.4 Å². The molecule has 1 aliphatic rings. The number of nitrogens with zero attached hydrogens (tertiary/aromatic N) is 2. The van der Waals surface area contributed by atoms with Crippen LogP contribution in [0.25, 0.3) is 0 Å². The van der Waals surface area contributed by atoms with E-state index >= 15 is 0 Å². The van der Waals surface area contributed by atoms with Gasteiger partial charge in [0.2, 0.25) is 11.8 Å². The number of rotatable bonds is 6. The standard InChI is InChI=1S/C26H31N3O3/c1-18-13-21(32-17-20-8-5-7-19(14-20)16-27)10-11-22(18)28-25(31)23-9-6-12-29(23)24(30)15-26(2,3)4/h5,7-8,10-11,13-14,23H,6,9,12,15,17H2,1-4H3,(H,28,31). The van der Waals surface area contributed by atoms with Crippen LogP contribution in [0.4, 0.5) is 5.69 Å². The van der Waals surface area contributed by atoms with Gasteiger partial charge in [0.05, 0.1) is 11.6 Å². The van der Waals surface area contributed by atoms with Crippen LogP contribution in [0.2, 0.25) is 0 Å². The number of benzene rings is 2. The van der Waals surface area contributed by atoms with Crippen molar-refractivity contribution in [2.45, 2.75) is 59.6 Å². The van der Waals surface area contributed by atoms with Crippen molar-refractivity contribution in [1.82, 2.24) is 4.90 Å². The summed E-state index contributed by atoms with van der Waals surface area (Å²) in [6, 6.07) is 14.5. The smallest absolute Gasteiger partial charge is 0.247 e. The fraction of sp³-hybridized carbons (Fsp3) is 0.423. The molecule has 0 aromatic heterocycles. The number of carbonyl (C=O) groups excluding carboxylic acids is 2. The quantitative estimate of drug-likeness (QED) is 0.709. The lowest BCUT2D eigenvalue weighted by molar-refractivity contribution is -0.138. The van der Waals surface area contributed by atoms with Crippen LogP contribution < -0.4 is 10.1 Å². The molecule has 0 radical (unpaired) electrons. The summed E-state index contributed by atoms with van der Waals surface area (Å²) in [6.07, 6.45) is 1.95. The third-order valence-corrected chi connectivity index (χ3v) is 5.47. The zero-order chi connectivity index (χ0) is 23.3. The van der Waals surface area contributed by atoms with Crippen molar-refractivity contribution in [2.24, 2.45) is 5.41 Å². The van der Waals surface area contributed by atoms with Gasteiger partial charge >= 0.3 is 0 Å². The van der Waals surface area contributed by atoms with Crippen LogP contribution in [-0.2, 0) is 16.2 Å². The molecule has 0 bridgehead atoms. The molecule has 1 atom stereocenters. The maximum absolute atomic E-state index is 12.9. The van der Waals surface area contributed by atoms with Gasteiger partial charge in [-0.25, -0.2) is 0 Å². The number of carbonyl (C=O) groups is 2. The number of nitrogens with one attached hydrogen (secondary N) is 1. The number of nitriles is 1. The molecule has 3 rings (SSSR count). The zero-order valence-electron chi connectivity index (χ0n) is 19.3. The second-order valence-corrected chi connectivity index (χ2v) is 9.55. The summed E-state index contributed by atoms with van der Waals surface area (Å²) in [5, 5.41) is 12.0. The molecule has 1 heterocycles. The van der Waals surface area contributed by atoms with Gasteiger partial charge in [-0.05, 0) is 66.6 Å². The lowest BCUT2D eigenvalue weighted by atomic mass is 9.91. The molecule has 168 valence electrons. The van der Waals surface area contributed by atoms with E-state index in [9.17, 15) is 9.59 Å². The van der Waals surface area contributed by atoms with Gasteiger partial charge in [-0.2, -0.15) is 5.26 Å². The van der Waals surface area contributed by atoms with E-state index in [0.717, 1.165) is 17.5 Å². The molecule has 0 spiro atoms. The van der Waals surface area contributed by atoms with E-state index in [1.807, 2.05) is 58.0 Å². The summed E-state index contributed by atoms with van der Waals surface area (Å²) in [5.41, 5.74) is 3.00. The summed E-state index contributed by atoms with van der Waals surface area (Å²) in [4.78, 5) is 27.3. The number of aryl methyl sites for hydroxylation is 1. The third kappa shape index (κ3) is 6.10. The SMILES string of the molecule is Cc1cc(OCc2cccc(C#N)c2)ccc1NC(=O)C1CCCN1C(=O)CC(C)(C)C. The third-order valence-electron chi connectivity index (χ3n) is 5.47. The average Bonchev–Trinajstić information content (AvgIpc) is 3.23. The van der Waals surface area contributed by atoms with Crippen molar-refractivity contribution in [3.8, 4) is 11.8 Å². The Morgan fingerprint density at radius 2 is 2.00 bits per heavy atom. The first-order chi connectivity index (χ1) is 15.2. The Labute approximate surface area is 190 Å². The van der Waals surface area contributed by atoms with Crippen LogP contribution in [0.5, 0.6) is 5.75 Å². The summed E-state index contributed by atoms with van der Waals surface area (Å²) in [6.45, 7) is 8.99. The molecule has 2 aromatic rings. The second-order valence-electron chi connectivity index (χ2n) is 9.55. The van der Waals surface area contributed by atoms with Crippen molar-refractivity contribution < 1.29 is 14.3 Å². The maximum atomic E-state index is 12.9. The normalized spacial score (nSPS) is 15.8. The molecule has 6 heteroatoms. The molecule has 1 saturated heterocycles. The average molecular weight is 434 g/mol. The minimum atomic E-state index is -0.424. The fourth-order valence-corrected chi connectivity index (χ4v) is 3.87. The summed E-state index contributed by atoms with van der Waals surface area (Å²) >= 11 is 0. The van der Waals surface area contributed by atoms with Gasteiger partial charge in [0.25, 0.3) is 0 Å². The first kappa shape index (κ1) is 23.3. The van der Waals surface area contributed by atoms with Gasteiger partial charge in [-0.1, -0.05) is 32.9 Å². The highest BCUT2D eigenvalue weighted by molar-refractivity contribution is 5.98. The summed E-state index contributed by atoms with van der Waals surface area (Å²) in [5.74, 6) is 0.580. The van der Waals surface area contributed by atoms with Crippen molar-refractivity contribution in [1.29, 1.82) is 5.26 Å². The van der Waals surface area contributed by atoms with Gasteiger partial charge in [0.1, 0.15) is 18.4 Å². The van der Waals surface area contributed by atoms with Crippen molar-refractivity contribution in [3.05, 3.63) is 59.2 Å². The first-order valence-corrected chi connectivity index (χ1v) is 11.0. The van der Waals surface area contributed by atoms with Crippen molar-refractivity contribution in [3.63, 3.8) is 0 Å². The molecule has 0 saturated carbocycles. The lowest BCUT2D eigenvalue weighted by Gasteiger charge is -2.27. The maximum Gasteiger partial charge on any atom is 0.247 e. The number of amides is 2. The van der Waals surface area contributed by atoms with E-state index in [0.29, 0.717) is 43.0 Å². The van der Waals surface area contributed by atoms with E-state index in [4.69, 9.17) is 10.00 Å². The number of hydrogen-bond acceptors (Lipinski definition) is 4. The van der Waals surface area contributed by atoms with E-state index in [1.54, 1.807) is 17.0 Å². The zero-order valence-corrected chi connectivity index (χ0v) is 19.3. The van der Waals surface area contributed by atoms with Gasteiger partial charge in [0, 0.05) is 18.7 Å².